The first kappa shape index (κ1) is 13.8. The normalized spacial score (nSPS) is 12.6. The summed E-state index contributed by atoms with van der Waals surface area (Å²) in [5.41, 5.74) is 2.99. The SMILES string of the molecule is C=Cc1ccc(C(C)(C)C)c(C(C)(C)C)c1O. The average molecular weight is 232 g/mol. The van der Waals surface area contributed by atoms with E-state index in [4.69, 9.17) is 0 Å². The summed E-state index contributed by atoms with van der Waals surface area (Å²) in [4.78, 5) is 0. The number of phenolic OH excluding ortho intramolecular Hbond substituents is 1. The highest BCUT2D eigenvalue weighted by Crippen LogP contribution is 2.41. The van der Waals surface area contributed by atoms with Crippen LogP contribution in [-0.4, -0.2) is 5.11 Å². The molecule has 0 aliphatic rings. The molecule has 0 fully saturated rings. The van der Waals surface area contributed by atoms with Crippen LogP contribution in [0.15, 0.2) is 18.7 Å². The minimum absolute atomic E-state index is 0.0276. The van der Waals surface area contributed by atoms with Crippen LogP contribution in [-0.2, 0) is 10.8 Å². The van der Waals surface area contributed by atoms with E-state index in [-0.39, 0.29) is 10.8 Å². The highest BCUT2D eigenvalue weighted by molar-refractivity contribution is 5.62. The summed E-state index contributed by atoms with van der Waals surface area (Å²) in [6, 6.07) is 4.05. The van der Waals surface area contributed by atoms with E-state index in [1.807, 2.05) is 6.07 Å². The lowest BCUT2D eigenvalue weighted by Gasteiger charge is -2.31. The van der Waals surface area contributed by atoms with Crippen molar-refractivity contribution in [1.82, 2.24) is 0 Å². The van der Waals surface area contributed by atoms with Gasteiger partial charge in [0.1, 0.15) is 5.75 Å². The maximum atomic E-state index is 10.4. The van der Waals surface area contributed by atoms with Gasteiger partial charge in [0.15, 0.2) is 0 Å². The minimum Gasteiger partial charge on any atom is -0.507 e. The maximum Gasteiger partial charge on any atom is 0.126 e. The van der Waals surface area contributed by atoms with Gasteiger partial charge in [0.05, 0.1) is 0 Å². The van der Waals surface area contributed by atoms with Gasteiger partial charge in [-0.3, -0.25) is 0 Å². The van der Waals surface area contributed by atoms with Crippen LogP contribution in [0.4, 0.5) is 0 Å². The predicted octanol–water partition coefficient (Wildman–Crippen LogP) is 4.63. The molecule has 1 heteroatoms. The van der Waals surface area contributed by atoms with E-state index < -0.39 is 0 Å². The molecule has 0 amide bonds. The highest BCUT2D eigenvalue weighted by atomic mass is 16.3. The van der Waals surface area contributed by atoms with Crippen LogP contribution >= 0.6 is 0 Å². The van der Waals surface area contributed by atoms with Gasteiger partial charge in [0, 0.05) is 11.1 Å². The zero-order valence-electron chi connectivity index (χ0n) is 11.9. The zero-order valence-corrected chi connectivity index (χ0v) is 11.9. The molecule has 0 unspecified atom stereocenters. The van der Waals surface area contributed by atoms with Crippen molar-refractivity contribution in [3.05, 3.63) is 35.4 Å². The van der Waals surface area contributed by atoms with E-state index in [9.17, 15) is 5.11 Å². The smallest absolute Gasteiger partial charge is 0.126 e. The van der Waals surface area contributed by atoms with Crippen molar-refractivity contribution >= 4 is 6.08 Å². The third-order valence-corrected chi connectivity index (χ3v) is 2.99. The van der Waals surface area contributed by atoms with E-state index in [0.717, 1.165) is 11.1 Å². The van der Waals surface area contributed by atoms with Crippen LogP contribution in [0.1, 0.15) is 58.2 Å². The van der Waals surface area contributed by atoms with E-state index in [1.54, 1.807) is 6.08 Å². The molecule has 0 radical (unpaired) electrons. The summed E-state index contributed by atoms with van der Waals surface area (Å²) in [7, 11) is 0. The molecule has 0 saturated carbocycles. The molecule has 0 aromatic heterocycles. The van der Waals surface area contributed by atoms with Crippen LogP contribution in [0, 0.1) is 0 Å². The van der Waals surface area contributed by atoms with Crippen LogP contribution in [0.5, 0.6) is 5.75 Å². The third kappa shape index (κ3) is 2.71. The van der Waals surface area contributed by atoms with Gasteiger partial charge in [0.2, 0.25) is 0 Å². The predicted molar refractivity (Wildman–Crippen MR) is 75.6 cm³/mol. The Kier molecular flexibility index (Phi) is 3.42. The maximum absolute atomic E-state index is 10.4. The van der Waals surface area contributed by atoms with Crippen molar-refractivity contribution in [3.63, 3.8) is 0 Å². The first-order valence-corrected chi connectivity index (χ1v) is 6.08. The van der Waals surface area contributed by atoms with Crippen molar-refractivity contribution in [3.8, 4) is 5.75 Å². The number of hydrogen-bond acceptors (Lipinski definition) is 1. The van der Waals surface area contributed by atoms with Crippen LogP contribution in [0.2, 0.25) is 0 Å². The van der Waals surface area contributed by atoms with Gasteiger partial charge in [-0.05, 0) is 16.4 Å². The Morgan fingerprint density at radius 2 is 1.53 bits per heavy atom. The van der Waals surface area contributed by atoms with Gasteiger partial charge in [-0.15, -0.1) is 0 Å². The molecule has 0 aliphatic heterocycles. The van der Waals surface area contributed by atoms with Crippen molar-refractivity contribution < 1.29 is 5.11 Å². The van der Waals surface area contributed by atoms with E-state index in [2.05, 4.69) is 54.2 Å². The summed E-state index contributed by atoms with van der Waals surface area (Å²) < 4.78 is 0. The Morgan fingerprint density at radius 1 is 1.00 bits per heavy atom. The van der Waals surface area contributed by atoms with Crippen molar-refractivity contribution in [1.29, 1.82) is 0 Å². The molecule has 1 rings (SSSR count). The van der Waals surface area contributed by atoms with E-state index in [1.165, 1.54) is 5.56 Å². The zero-order chi connectivity index (χ0) is 13.4. The number of phenols is 1. The average Bonchev–Trinajstić information content (AvgIpc) is 2.13. The Labute approximate surface area is 105 Å². The van der Waals surface area contributed by atoms with Crippen LogP contribution < -0.4 is 0 Å². The lowest BCUT2D eigenvalue weighted by atomic mass is 9.74. The molecule has 0 bridgehead atoms. The quantitative estimate of drug-likeness (QED) is 0.748. The van der Waals surface area contributed by atoms with Crippen molar-refractivity contribution in [2.75, 3.05) is 0 Å². The molecule has 0 atom stereocenters. The molecule has 1 nitrogen and oxygen atoms in total. The number of hydrogen-bond donors (Lipinski definition) is 1. The van der Waals surface area contributed by atoms with Gasteiger partial charge in [-0.25, -0.2) is 0 Å². The summed E-state index contributed by atoms with van der Waals surface area (Å²) >= 11 is 0. The fraction of sp³-hybridized carbons (Fsp3) is 0.500. The molecular formula is C16H24O. The van der Waals surface area contributed by atoms with Crippen LogP contribution in [0.25, 0.3) is 6.08 Å². The molecule has 94 valence electrons. The first-order chi connectivity index (χ1) is 7.59. The molecule has 0 aliphatic carbocycles. The fourth-order valence-corrected chi connectivity index (χ4v) is 2.16. The lowest BCUT2D eigenvalue weighted by Crippen LogP contribution is -2.22. The van der Waals surface area contributed by atoms with Gasteiger partial charge in [-0.1, -0.05) is 66.3 Å². The summed E-state index contributed by atoms with van der Waals surface area (Å²) in [5.74, 6) is 0.375. The van der Waals surface area contributed by atoms with Crippen LogP contribution in [0.3, 0.4) is 0 Å². The topological polar surface area (TPSA) is 20.2 Å². The Balaban J connectivity index is 3.65. The van der Waals surface area contributed by atoms with E-state index >= 15 is 0 Å². The molecule has 17 heavy (non-hydrogen) atoms. The third-order valence-electron chi connectivity index (χ3n) is 2.99. The van der Waals surface area contributed by atoms with E-state index in [0.29, 0.717) is 5.75 Å². The molecule has 0 saturated heterocycles. The molecule has 0 spiro atoms. The van der Waals surface area contributed by atoms with Crippen molar-refractivity contribution in [2.45, 2.75) is 52.4 Å². The summed E-state index contributed by atoms with van der Waals surface area (Å²) in [5, 5.41) is 10.4. The van der Waals surface area contributed by atoms with Gasteiger partial charge < -0.3 is 5.11 Å². The number of rotatable bonds is 1. The fourth-order valence-electron chi connectivity index (χ4n) is 2.16. The lowest BCUT2D eigenvalue weighted by molar-refractivity contribution is 0.434. The Hall–Kier alpha value is -1.24. The van der Waals surface area contributed by atoms with Gasteiger partial charge >= 0.3 is 0 Å². The van der Waals surface area contributed by atoms with Gasteiger partial charge in [-0.2, -0.15) is 0 Å². The molecule has 1 N–H and O–H groups in total. The largest absolute Gasteiger partial charge is 0.507 e. The molecular weight excluding hydrogens is 208 g/mol. The monoisotopic (exact) mass is 232 g/mol. The van der Waals surface area contributed by atoms with Gasteiger partial charge in [0.25, 0.3) is 0 Å². The molecule has 0 heterocycles. The Bertz CT molecular complexity index is 428. The molecule has 1 aromatic carbocycles. The first-order valence-electron chi connectivity index (χ1n) is 6.08. The van der Waals surface area contributed by atoms with Crippen molar-refractivity contribution in [2.24, 2.45) is 0 Å². The number of aromatic hydroxyl groups is 1. The summed E-state index contributed by atoms with van der Waals surface area (Å²) in [6.07, 6.45) is 1.71. The second-order valence-corrected chi connectivity index (χ2v) is 6.63. The second kappa shape index (κ2) is 4.21. The highest BCUT2D eigenvalue weighted by Gasteiger charge is 2.28. The Morgan fingerprint density at radius 3 is 1.88 bits per heavy atom. The molecule has 1 aromatic rings. The summed E-state index contributed by atoms with van der Waals surface area (Å²) in [6.45, 7) is 16.6. The minimum atomic E-state index is -0.0777. The standard InChI is InChI=1S/C16H24O/c1-8-11-9-10-12(15(2,3)4)13(14(11)17)16(5,6)7/h8-10,17H,1H2,2-7H3. The second-order valence-electron chi connectivity index (χ2n) is 6.63. The number of benzene rings is 1.